The molecule has 1 atom stereocenters. The molecule has 1 N–H and O–H groups in total. The molecule has 2 aromatic rings. The van der Waals surface area contributed by atoms with Gasteiger partial charge in [-0.15, -0.1) is 0 Å². The Hall–Kier alpha value is -2.82. The molecule has 2 heterocycles. The van der Waals surface area contributed by atoms with Crippen LogP contribution in [0.5, 0.6) is 5.75 Å². The number of hydrogen-bond acceptors (Lipinski definition) is 3. The van der Waals surface area contributed by atoms with E-state index >= 15 is 0 Å². The van der Waals surface area contributed by atoms with Crippen LogP contribution in [0.4, 0.5) is 0 Å². The Kier molecular flexibility index (Phi) is 5.31. The van der Waals surface area contributed by atoms with E-state index in [1.165, 1.54) is 0 Å². The molecule has 1 spiro atoms. The second kappa shape index (κ2) is 7.90. The average Bonchev–Trinajstić information content (AvgIpc) is 2.74. The van der Waals surface area contributed by atoms with Crippen molar-refractivity contribution in [1.82, 2.24) is 10.2 Å². The van der Waals surface area contributed by atoms with Gasteiger partial charge in [-0.1, -0.05) is 36.4 Å². The summed E-state index contributed by atoms with van der Waals surface area (Å²) in [5.41, 5.74) is 2.58. The van der Waals surface area contributed by atoms with Gasteiger partial charge < -0.3 is 15.0 Å². The van der Waals surface area contributed by atoms with E-state index < -0.39 is 0 Å². The lowest BCUT2D eigenvalue weighted by Crippen LogP contribution is -2.52. The summed E-state index contributed by atoms with van der Waals surface area (Å²) in [5, 5.41) is 2.75. The normalized spacial score (nSPS) is 19.9. The maximum absolute atomic E-state index is 13.0. The molecule has 29 heavy (non-hydrogen) atoms. The number of likely N-dealkylation sites (tertiary alicyclic amines) is 1. The van der Waals surface area contributed by atoms with Gasteiger partial charge in [0, 0.05) is 50.9 Å². The first kappa shape index (κ1) is 19.5. The zero-order valence-electron chi connectivity index (χ0n) is 17.1. The van der Waals surface area contributed by atoms with Crippen molar-refractivity contribution in [2.45, 2.75) is 44.1 Å². The van der Waals surface area contributed by atoms with E-state index in [1.54, 1.807) is 7.05 Å². The van der Waals surface area contributed by atoms with Crippen LogP contribution in [0.15, 0.2) is 48.5 Å². The summed E-state index contributed by atoms with van der Waals surface area (Å²) in [6.07, 6.45) is 2.83. The number of benzene rings is 2. The molecule has 0 aromatic heterocycles. The first-order valence-corrected chi connectivity index (χ1v) is 10.3. The zero-order chi connectivity index (χ0) is 20.4. The minimum atomic E-state index is -0.310. The van der Waals surface area contributed by atoms with E-state index in [1.807, 2.05) is 54.3 Å². The number of fused-ring (bicyclic) bond motifs is 1. The molecular weight excluding hydrogens is 364 g/mol. The Bertz CT molecular complexity index is 916. The average molecular weight is 392 g/mol. The van der Waals surface area contributed by atoms with Crippen molar-refractivity contribution in [3.63, 3.8) is 0 Å². The van der Waals surface area contributed by atoms with E-state index in [-0.39, 0.29) is 23.3 Å². The topological polar surface area (TPSA) is 58.6 Å². The molecule has 1 fully saturated rings. The van der Waals surface area contributed by atoms with Crippen molar-refractivity contribution in [3.8, 4) is 5.75 Å². The lowest BCUT2D eigenvalue weighted by atomic mass is 9.76. The van der Waals surface area contributed by atoms with Gasteiger partial charge in [0.05, 0.1) is 0 Å². The number of carbonyl (C=O) groups is 2. The van der Waals surface area contributed by atoms with Crippen LogP contribution in [0.25, 0.3) is 0 Å². The van der Waals surface area contributed by atoms with Gasteiger partial charge in [-0.3, -0.25) is 9.59 Å². The highest BCUT2D eigenvalue weighted by Crippen LogP contribution is 2.46. The van der Waals surface area contributed by atoms with Crippen molar-refractivity contribution < 1.29 is 14.3 Å². The van der Waals surface area contributed by atoms with Crippen molar-refractivity contribution >= 4 is 11.8 Å². The number of para-hydroxylation sites is 1. The standard InChI is InChI=1S/C24H28N2O3/c1-17-7-3-4-8-19(17)23(28)26-13-11-24(12-14-26)16-18(15-22(27)25-2)20-9-5-6-10-21(20)29-24/h3-10,18H,11-16H2,1-2H3,(H,25,27). The number of hydrogen-bond donors (Lipinski definition) is 1. The Morgan fingerprint density at radius 3 is 2.52 bits per heavy atom. The fourth-order valence-electron chi connectivity index (χ4n) is 4.66. The van der Waals surface area contributed by atoms with Gasteiger partial charge in [0.15, 0.2) is 0 Å². The largest absolute Gasteiger partial charge is 0.487 e. The van der Waals surface area contributed by atoms with Crippen molar-refractivity contribution in [3.05, 3.63) is 65.2 Å². The van der Waals surface area contributed by atoms with Crippen LogP contribution < -0.4 is 10.1 Å². The van der Waals surface area contributed by atoms with E-state index in [2.05, 4.69) is 11.4 Å². The van der Waals surface area contributed by atoms with Gasteiger partial charge in [0.1, 0.15) is 11.4 Å². The lowest BCUT2D eigenvalue weighted by molar-refractivity contribution is -0.121. The molecule has 4 rings (SSSR count). The van der Waals surface area contributed by atoms with Gasteiger partial charge in [0.2, 0.25) is 5.91 Å². The highest BCUT2D eigenvalue weighted by Gasteiger charge is 2.44. The Labute approximate surface area is 172 Å². The van der Waals surface area contributed by atoms with Crippen LogP contribution in [0.2, 0.25) is 0 Å². The number of rotatable bonds is 3. The third kappa shape index (κ3) is 3.86. The third-order valence-electron chi connectivity index (χ3n) is 6.35. The maximum Gasteiger partial charge on any atom is 0.254 e. The molecule has 1 saturated heterocycles. The van der Waals surface area contributed by atoms with Gasteiger partial charge in [0.25, 0.3) is 5.91 Å². The molecule has 2 amide bonds. The number of amides is 2. The molecule has 2 aromatic carbocycles. The molecule has 2 aliphatic rings. The van der Waals surface area contributed by atoms with E-state index in [0.717, 1.165) is 41.7 Å². The second-order valence-electron chi connectivity index (χ2n) is 8.21. The Balaban J connectivity index is 1.51. The third-order valence-corrected chi connectivity index (χ3v) is 6.35. The summed E-state index contributed by atoms with van der Waals surface area (Å²) in [5.74, 6) is 1.16. The Morgan fingerprint density at radius 1 is 1.10 bits per heavy atom. The molecule has 0 saturated carbocycles. The van der Waals surface area contributed by atoms with Crippen LogP contribution >= 0.6 is 0 Å². The predicted molar refractivity (Wildman–Crippen MR) is 112 cm³/mol. The second-order valence-corrected chi connectivity index (χ2v) is 8.21. The zero-order valence-corrected chi connectivity index (χ0v) is 17.1. The molecule has 0 radical (unpaired) electrons. The first-order chi connectivity index (χ1) is 14.0. The Morgan fingerprint density at radius 2 is 1.79 bits per heavy atom. The van der Waals surface area contributed by atoms with Crippen LogP contribution in [-0.4, -0.2) is 42.5 Å². The summed E-state index contributed by atoms with van der Waals surface area (Å²) in [6, 6.07) is 15.8. The maximum atomic E-state index is 13.0. The summed E-state index contributed by atoms with van der Waals surface area (Å²) >= 11 is 0. The molecule has 0 bridgehead atoms. The fraction of sp³-hybridized carbons (Fsp3) is 0.417. The summed E-state index contributed by atoms with van der Waals surface area (Å²) in [4.78, 5) is 27.0. The minimum Gasteiger partial charge on any atom is -0.487 e. The number of carbonyl (C=O) groups excluding carboxylic acids is 2. The summed E-state index contributed by atoms with van der Waals surface area (Å²) in [7, 11) is 1.68. The highest BCUT2D eigenvalue weighted by atomic mass is 16.5. The number of nitrogens with one attached hydrogen (secondary N) is 1. The fourth-order valence-corrected chi connectivity index (χ4v) is 4.66. The molecule has 5 heteroatoms. The van der Waals surface area contributed by atoms with Crippen molar-refractivity contribution in [2.24, 2.45) is 0 Å². The number of aryl methyl sites for hydroxylation is 1. The van der Waals surface area contributed by atoms with Gasteiger partial charge >= 0.3 is 0 Å². The highest BCUT2D eigenvalue weighted by molar-refractivity contribution is 5.95. The smallest absolute Gasteiger partial charge is 0.254 e. The minimum absolute atomic E-state index is 0.0500. The molecular formula is C24H28N2O3. The van der Waals surface area contributed by atoms with Crippen LogP contribution in [0, 0.1) is 6.92 Å². The van der Waals surface area contributed by atoms with Crippen LogP contribution in [0.3, 0.4) is 0 Å². The number of piperidine rings is 1. The molecule has 0 aliphatic carbocycles. The van der Waals surface area contributed by atoms with Crippen molar-refractivity contribution in [1.29, 1.82) is 0 Å². The summed E-state index contributed by atoms with van der Waals surface area (Å²) < 4.78 is 6.49. The predicted octanol–water partition coefficient (Wildman–Crippen LogP) is 3.67. The van der Waals surface area contributed by atoms with Gasteiger partial charge in [-0.2, -0.15) is 0 Å². The van der Waals surface area contributed by atoms with Crippen molar-refractivity contribution in [2.75, 3.05) is 20.1 Å². The quantitative estimate of drug-likeness (QED) is 0.867. The van der Waals surface area contributed by atoms with Gasteiger partial charge in [-0.25, -0.2) is 0 Å². The first-order valence-electron chi connectivity index (χ1n) is 10.3. The molecule has 152 valence electrons. The molecule has 2 aliphatic heterocycles. The van der Waals surface area contributed by atoms with E-state index in [9.17, 15) is 9.59 Å². The van der Waals surface area contributed by atoms with Crippen LogP contribution in [-0.2, 0) is 4.79 Å². The number of nitrogens with zero attached hydrogens (tertiary/aromatic N) is 1. The van der Waals surface area contributed by atoms with Gasteiger partial charge in [-0.05, 0) is 36.6 Å². The monoisotopic (exact) mass is 392 g/mol. The van der Waals surface area contributed by atoms with E-state index in [0.29, 0.717) is 19.5 Å². The number of ether oxygens (including phenoxy) is 1. The van der Waals surface area contributed by atoms with Crippen LogP contribution in [0.1, 0.15) is 53.1 Å². The van der Waals surface area contributed by atoms with E-state index in [4.69, 9.17) is 4.74 Å². The summed E-state index contributed by atoms with van der Waals surface area (Å²) in [6.45, 7) is 3.31. The lowest BCUT2D eigenvalue weighted by Gasteiger charge is -2.47. The molecule has 1 unspecified atom stereocenters. The SMILES string of the molecule is CNC(=O)CC1CC2(CCN(C(=O)c3ccccc3C)CC2)Oc2ccccc21. The molecule has 5 nitrogen and oxygen atoms in total.